The predicted molar refractivity (Wildman–Crippen MR) is 106 cm³/mol. The molecule has 2 fully saturated rings. The highest BCUT2D eigenvalue weighted by Crippen LogP contribution is 2.25. The van der Waals surface area contributed by atoms with E-state index in [4.69, 9.17) is 0 Å². The standard InChI is InChI=1S/C19H23N3O.2ClH/c1-3-13-4-7-18-16(9-13)17(8-12(2)20-18)19(23)22-10-14-5-6-15(11-22)21-14;;/h4,7-9,14-15,21H,3,5-6,10-11H2,1-2H3;2*1H/t14-,15+;;. The first-order valence-electron chi connectivity index (χ1n) is 8.59. The van der Waals surface area contributed by atoms with Gasteiger partial charge >= 0.3 is 0 Å². The minimum absolute atomic E-state index is 0. The van der Waals surface area contributed by atoms with E-state index < -0.39 is 0 Å². The molecule has 1 aromatic carbocycles. The van der Waals surface area contributed by atoms with E-state index in [1.807, 2.05) is 24.0 Å². The highest BCUT2D eigenvalue weighted by Gasteiger charge is 2.35. The van der Waals surface area contributed by atoms with Gasteiger partial charge in [-0.15, -0.1) is 24.8 Å². The molecule has 2 aromatic rings. The second-order valence-electron chi connectivity index (χ2n) is 6.86. The quantitative estimate of drug-likeness (QED) is 0.865. The van der Waals surface area contributed by atoms with E-state index in [9.17, 15) is 4.79 Å². The number of hydrogen-bond acceptors (Lipinski definition) is 3. The van der Waals surface area contributed by atoms with Crippen molar-refractivity contribution in [3.05, 3.63) is 41.1 Å². The van der Waals surface area contributed by atoms with Gasteiger partial charge in [0.15, 0.2) is 0 Å². The van der Waals surface area contributed by atoms with Crippen LogP contribution in [0.2, 0.25) is 0 Å². The Morgan fingerprint density at radius 3 is 2.52 bits per heavy atom. The number of carbonyl (C=O) groups excluding carboxylic acids is 1. The van der Waals surface area contributed by atoms with E-state index >= 15 is 0 Å². The third-order valence-corrected chi connectivity index (χ3v) is 5.14. The van der Waals surface area contributed by atoms with Crippen LogP contribution in [-0.4, -0.2) is 41.0 Å². The molecule has 0 saturated carbocycles. The lowest BCUT2D eigenvalue weighted by molar-refractivity contribution is 0.0699. The largest absolute Gasteiger partial charge is 0.336 e. The molecular weight excluding hydrogens is 357 g/mol. The van der Waals surface area contributed by atoms with Crippen molar-refractivity contribution >= 4 is 41.6 Å². The van der Waals surface area contributed by atoms with Gasteiger partial charge in [0.05, 0.1) is 11.1 Å². The third kappa shape index (κ3) is 3.76. The molecule has 0 radical (unpaired) electrons. The molecule has 3 heterocycles. The van der Waals surface area contributed by atoms with Crippen LogP contribution in [0.1, 0.15) is 41.4 Å². The summed E-state index contributed by atoms with van der Waals surface area (Å²) >= 11 is 0. The van der Waals surface area contributed by atoms with Gasteiger partial charge in [-0.2, -0.15) is 0 Å². The van der Waals surface area contributed by atoms with Crippen LogP contribution in [0.3, 0.4) is 0 Å². The monoisotopic (exact) mass is 381 g/mol. The SMILES string of the molecule is CCc1ccc2nc(C)cc(C(=O)N3C[C@H]4CC[C@@H](C3)N4)c2c1.Cl.Cl. The molecule has 2 bridgehead atoms. The van der Waals surface area contributed by atoms with Gasteiger partial charge in [-0.1, -0.05) is 13.0 Å². The van der Waals surface area contributed by atoms with Crippen LogP contribution in [0, 0.1) is 6.92 Å². The second kappa shape index (κ2) is 7.90. The first-order valence-corrected chi connectivity index (χ1v) is 8.59. The van der Waals surface area contributed by atoms with Gasteiger partial charge in [-0.05, 0) is 49.9 Å². The summed E-state index contributed by atoms with van der Waals surface area (Å²) in [7, 11) is 0. The van der Waals surface area contributed by atoms with E-state index in [-0.39, 0.29) is 30.7 Å². The topological polar surface area (TPSA) is 45.2 Å². The van der Waals surface area contributed by atoms with Gasteiger partial charge in [0.1, 0.15) is 0 Å². The molecule has 6 heteroatoms. The van der Waals surface area contributed by atoms with E-state index in [1.165, 1.54) is 18.4 Å². The van der Waals surface area contributed by atoms with E-state index in [1.54, 1.807) is 0 Å². The maximum absolute atomic E-state index is 13.2. The molecule has 4 rings (SSSR count). The minimum Gasteiger partial charge on any atom is -0.336 e. The lowest BCUT2D eigenvalue weighted by Gasteiger charge is -2.33. The van der Waals surface area contributed by atoms with Crippen LogP contribution in [0.5, 0.6) is 0 Å². The Morgan fingerprint density at radius 2 is 1.88 bits per heavy atom. The summed E-state index contributed by atoms with van der Waals surface area (Å²) in [6.45, 7) is 5.75. The molecule has 0 unspecified atom stereocenters. The number of halogens is 2. The van der Waals surface area contributed by atoms with Crippen molar-refractivity contribution in [2.75, 3.05) is 13.1 Å². The summed E-state index contributed by atoms with van der Waals surface area (Å²) in [6, 6.07) is 9.17. The van der Waals surface area contributed by atoms with Crippen LogP contribution < -0.4 is 5.32 Å². The van der Waals surface area contributed by atoms with Crippen LogP contribution in [-0.2, 0) is 6.42 Å². The van der Waals surface area contributed by atoms with Gasteiger partial charge in [0.2, 0.25) is 0 Å². The molecule has 2 aliphatic rings. The average Bonchev–Trinajstić information content (AvgIpc) is 2.91. The molecular formula is C19H25Cl2N3O. The number of nitrogens with one attached hydrogen (secondary N) is 1. The number of amides is 1. The third-order valence-electron chi connectivity index (χ3n) is 5.14. The maximum atomic E-state index is 13.2. The predicted octanol–water partition coefficient (Wildman–Crippen LogP) is 3.53. The van der Waals surface area contributed by atoms with Crippen molar-refractivity contribution in [1.82, 2.24) is 15.2 Å². The van der Waals surface area contributed by atoms with Crippen molar-refractivity contribution < 1.29 is 4.79 Å². The van der Waals surface area contributed by atoms with Gasteiger partial charge in [-0.25, -0.2) is 0 Å². The summed E-state index contributed by atoms with van der Waals surface area (Å²) in [4.78, 5) is 19.8. The number of aryl methyl sites for hydroxylation is 2. The Kier molecular flexibility index (Phi) is 6.30. The molecule has 2 aliphatic heterocycles. The maximum Gasteiger partial charge on any atom is 0.254 e. The van der Waals surface area contributed by atoms with Crippen LogP contribution in [0.15, 0.2) is 24.3 Å². The molecule has 1 N–H and O–H groups in total. The summed E-state index contributed by atoms with van der Waals surface area (Å²) in [6.07, 6.45) is 3.34. The number of rotatable bonds is 2. The fourth-order valence-corrected chi connectivity index (χ4v) is 3.94. The first kappa shape index (κ1) is 20.0. The normalized spacial score (nSPS) is 21.6. The molecule has 136 valence electrons. The number of carbonyl (C=O) groups is 1. The fraction of sp³-hybridized carbons (Fsp3) is 0.474. The second-order valence-corrected chi connectivity index (χ2v) is 6.86. The lowest BCUT2D eigenvalue weighted by Crippen LogP contribution is -2.53. The number of benzene rings is 1. The van der Waals surface area contributed by atoms with Crippen molar-refractivity contribution in [3.8, 4) is 0 Å². The zero-order valence-corrected chi connectivity index (χ0v) is 16.3. The Labute approximate surface area is 161 Å². The van der Waals surface area contributed by atoms with Crippen molar-refractivity contribution in [3.63, 3.8) is 0 Å². The molecule has 0 aliphatic carbocycles. The van der Waals surface area contributed by atoms with E-state index in [0.29, 0.717) is 12.1 Å². The molecule has 25 heavy (non-hydrogen) atoms. The molecule has 0 spiro atoms. The van der Waals surface area contributed by atoms with Gasteiger partial charge in [-0.3, -0.25) is 9.78 Å². The zero-order valence-electron chi connectivity index (χ0n) is 14.6. The molecule has 2 saturated heterocycles. The number of likely N-dealkylation sites (tertiary alicyclic amines) is 1. The highest BCUT2D eigenvalue weighted by atomic mass is 35.5. The number of pyridine rings is 1. The van der Waals surface area contributed by atoms with Crippen LogP contribution in [0.4, 0.5) is 0 Å². The smallest absolute Gasteiger partial charge is 0.254 e. The summed E-state index contributed by atoms with van der Waals surface area (Å²) in [5.74, 6) is 0.159. The number of nitrogens with zero attached hydrogens (tertiary/aromatic N) is 2. The van der Waals surface area contributed by atoms with Crippen molar-refractivity contribution in [2.45, 2.75) is 45.2 Å². The van der Waals surface area contributed by atoms with Crippen molar-refractivity contribution in [2.24, 2.45) is 0 Å². The Morgan fingerprint density at radius 1 is 1.20 bits per heavy atom. The number of fused-ring (bicyclic) bond motifs is 3. The molecule has 1 amide bonds. The van der Waals surface area contributed by atoms with Gasteiger partial charge in [0, 0.05) is 36.3 Å². The lowest BCUT2D eigenvalue weighted by atomic mass is 10.0. The molecule has 2 atom stereocenters. The number of hydrogen-bond donors (Lipinski definition) is 1. The molecule has 1 aromatic heterocycles. The fourth-order valence-electron chi connectivity index (χ4n) is 3.94. The molecule has 4 nitrogen and oxygen atoms in total. The van der Waals surface area contributed by atoms with Gasteiger partial charge in [0.25, 0.3) is 5.91 Å². The first-order chi connectivity index (χ1) is 11.1. The summed E-state index contributed by atoms with van der Waals surface area (Å²) < 4.78 is 0. The number of piperazine rings is 1. The average molecular weight is 382 g/mol. The van der Waals surface area contributed by atoms with Crippen molar-refractivity contribution in [1.29, 1.82) is 0 Å². The zero-order chi connectivity index (χ0) is 16.0. The Hall–Kier alpha value is -1.36. The van der Waals surface area contributed by atoms with E-state index in [0.717, 1.165) is 41.7 Å². The minimum atomic E-state index is 0. The Balaban J connectivity index is 0.00000113. The van der Waals surface area contributed by atoms with E-state index in [2.05, 4.69) is 29.4 Å². The Bertz CT molecular complexity index is 769. The number of aromatic nitrogens is 1. The van der Waals surface area contributed by atoms with Gasteiger partial charge < -0.3 is 10.2 Å². The summed E-state index contributed by atoms with van der Waals surface area (Å²) in [5.41, 5.74) is 3.88. The van der Waals surface area contributed by atoms with Crippen LogP contribution >= 0.6 is 24.8 Å². The highest BCUT2D eigenvalue weighted by molar-refractivity contribution is 6.06. The summed E-state index contributed by atoms with van der Waals surface area (Å²) in [5, 5.41) is 4.58. The van der Waals surface area contributed by atoms with Crippen LogP contribution in [0.25, 0.3) is 10.9 Å².